The molecule has 0 bridgehead atoms. The Morgan fingerprint density at radius 2 is 1.56 bits per heavy atom. The molecule has 0 amide bonds. The van der Waals surface area contributed by atoms with Gasteiger partial charge in [0, 0.05) is 6.04 Å². The van der Waals surface area contributed by atoms with Gasteiger partial charge in [-0.3, -0.25) is 10.6 Å². The van der Waals surface area contributed by atoms with Gasteiger partial charge in [0.05, 0.1) is 6.17 Å². The van der Waals surface area contributed by atoms with Gasteiger partial charge in [-0.05, 0) is 12.8 Å². The van der Waals surface area contributed by atoms with Crippen LogP contribution in [0.5, 0.6) is 0 Å². The molecule has 3 N–H and O–H groups in total. The van der Waals surface area contributed by atoms with Crippen molar-refractivity contribution >= 4 is 0 Å². The average molecular weight is 222 g/mol. The zero-order valence-electron chi connectivity index (χ0n) is 9.84. The zero-order valence-corrected chi connectivity index (χ0v) is 9.84. The van der Waals surface area contributed by atoms with E-state index >= 15 is 0 Å². The summed E-state index contributed by atoms with van der Waals surface area (Å²) in [7, 11) is 0. The average Bonchev–Trinajstić information content (AvgIpc) is 2.97. The molecule has 2 unspecified atom stereocenters. The van der Waals surface area contributed by atoms with Crippen molar-refractivity contribution in [3.05, 3.63) is 0 Å². The molecule has 0 aromatic carbocycles. The van der Waals surface area contributed by atoms with Gasteiger partial charge in [0.15, 0.2) is 6.19 Å². The van der Waals surface area contributed by atoms with Crippen LogP contribution in [0.15, 0.2) is 0 Å². The largest absolute Gasteiger partial charge is 0.305 e. The Bertz CT molecular complexity index is 238. The molecule has 4 nitrogen and oxygen atoms in total. The number of hydrogen-bond acceptors (Lipinski definition) is 4. The first-order valence-corrected chi connectivity index (χ1v) is 6.57. The summed E-state index contributed by atoms with van der Waals surface area (Å²) in [5.74, 6) is 0. The lowest BCUT2D eigenvalue weighted by Crippen LogP contribution is -2.35. The van der Waals surface area contributed by atoms with Crippen LogP contribution in [0.2, 0.25) is 0 Å². The zero-order chi connectivity index (χ0) is 11.2. The molecule has 16 heavy (non-hydrogen) atoms. The fraction of sp³-hybridized carbons (Fsp3) is 0.917. The second kappa shape index (κ2) is 6.07. The first-order valence-electron chi connectivity index (χ1n) is 6.57. The lowest BCUT2D eigenvalue weighted by molar-refractivity contribution is 0.423. The fourth-order valence-corrected chi connectivity index (χ4v) is 2.53. The Morgan fingerprint density at radius 3 is 2.19 bits per heavy atom. The van der Waals surface area contributed by atoms with Crippen molar-refractivity contribution in [1.29, 1.82) is 5.26 Å². The second-order valence-corrected chi connectivity index (χ2v) is 4.94. The third kappa shape index (κ3) is 3.66. The van der Waals surface area contributed by atoms with Crippen LogP contribution in [0.25, 0.3) is 0 Å². The summed E-state index contributed by atoms with van der Waals surface area (Å²) < 4.78 is 0. The van der Waals surface area contributed by atoms with E-state index in [0.29, 0.717) is 12.2 Å². The summed E-state index contributed by atoms with van der Waals surface area (Å²) in [6, 6.07) is 0.640. The van der Waals surface area contributed by atoms with Crippen molar-refractivity contribution in [2.24, 2.45) is 0 Å². The Morgan fingerprint density at radius 1 is 0.938 bits per heavy atom. The topological polar surface area (TPSA) is 69.8 Å². The highest BCUT2D eigenvalue weighted by Crippen LogP contribution is 2.18. The van der Waals surface area contributed by atoms with Gasteiger partial charge in [-0.25, -0.2) is 0 Å². The first-order chi connectivity index (χ1) is 7.90. The minimum atomic E-state index is 0.164. The highest BCUT2D eigenvalue weighted by molar-refractivity contribution is 4.98. The lowest BCUT2D eigenvalue weighted by Gasteiger charge is -2.16. The van der Waals surface area contributed by atoms with Gasteiger partial charge in [0.2, 0.25) is 0 Å². The Balaban J connectivity index is 1.69. The van der Waals surface area contributed by atoms with E-state index in [2.05, 4.69) is 16.0 Å². The molecule has 2 aliphatic rings. The van der Waals surface area contributed by atoms with Crippen molar-refractivity contribution in [3.8, 4) is 6.19 Å². The molecular weight excluding hydrogens is 200 g/mol. The van der Waals surface area contributed by atoms with Crippen LogP contribution < -0.4 is 16.0 Å². The maximum atomic E-state index is 8.49. The second-order valence-electron chi connectivity index (χ2n) is 4.94. The number of rotatable bonds is 3. The highest BCUT2D eigenvalue weighted by atomic mass is 15.4. The molecule has 90 valence electrons. The van der Waals surface area contributed by atoms with E-state index in [9.17, 15) is 0 Å². The summed E-state index contributed by atoms with van der Waals surface area (Å²) in [6.07, 6.45) is 13.3. The third-order valence-corrected chi connectivity index (χ3v) is 3.57. The summed E-state index contributed by atoms with van der Waals surface area (Å²) in [5.41, 5.74) is 0. The van der Waals surface area contributed by atoms with Gasteiger partial charge >= 0.3 is 0 Å². The molecule has 1 saturated carbocycles. The van der Waals surface area contributed by atoms with Gasteiger partial charge in [-0.15, -0.1) is 0 Å². The van der Waals surface area contributed by atoms with Gasteiger partial charge in [-0.2, -0.15) is 5.26 Å². The predicted molar refractivity (Wildman–Crippen MR) is 63.3 cm³/mol. The fourth-order valence-electron chi connectivity index (χ4n) is 2.53. The van der Waals surface area contributed by atoms with E-state index in [1.807, 2.05) is 6.19 Å². The Hall–Kier alpha value is -0.790. The minimum absolute atomic E-state index is 0.164. The molecule has 0 aromatic rings. The van der Waals surface area contributed by atoms with Crippen LogP contribution >= 0.6 is 0 Å². The number of nitriles is 1. The molecule has 2 rings (SSSR count). The van der Waals surface area contributed by atoms with Crippen LogP contribution in [-0.4, -0.2) is 18.4 Å². The maximum absolute atomic E-state index is 8.49. The van der Waals surface area contributed by atoms with Gasteiger partial charge in [0.1, 0.15) is 6.17 Å². The number of nitrogens with zero attached hydrogens (tertiary/aromatic N) is 1. The van der Waals surface area contributed by atoms with Crippen LogP contribution in [0, 0.1) is 11.5 Å². The molecule has 4 heteroatoms. The highest BCUT2D eigenvalue weighted by Gasteiger charge is 2.37. The van der Waals surface area contributed by atoms with Gasteiger partial charge < -0.3 is 5.32 Å². The van der Waals surface area contributed by atoms with Crippen LogP contribution in [0.4, 0.5) is 0 Å². The van der Waals surface area contributed by atoms with Crippen LogP contribution in [0.1, 0.15) is 51.4 Å². The molecule has 1 saturated heterocycles. The quantitative estimate of drug-likeness (QED) is 0.383. The first kappa shape index (κ1) is 11.7. The van der Waals surface area contributed by atoms with Crippen LogP contribution in [0.3, 0.4) is 0 Å². The van der Waals surface area contributed by atoms with Gasteiger partial charge in [0.25, 0.3) is 0 Å². The maximum Gasteiger partial charge on any atom is 0.177 e. The molecule has 1 heterocycles. The number of hydrogen-bond donors (Lipinski definition) is 3. The van der Waals surface area contributed by atoms with Crippen molar-refractivity contribution in [1.82, 2.24) is 16.0 Å². The van der Waals surface area contributed by atoms with E-state index in [4.69, 9.17) is 5.26 Å². The molecule has 2 fully saturated rings. The summed E-state index contributed by atoms with van der Waals surface area (Å²) in [6.45, 7) is 0. The Kier molecular flexibility index (Phi) is 4.44. The molecule has 0 spiro atoms. The predicted octanol–water partition coefficient (Wildman–Crippen LogP) is 1.41. The number of nitrogens with one attached hydrogen (secondary N) is 3. The van der Waals surface area contributed by atoms with Crippen molar-refractivity contribution in [2.45, 2.75) is 69.7 Å². The molecule has 2 atom stereocenters. The SMILES string of the molecule is N#CNC1NC1NC1CCCCCCCC1. The standard InChI is InChI=1S/C12H22N4/c13-9-14-11-12(16-11)15-10-7-5-3-1-2-4-6-8-10/h10-12,14-16H,1-8H2. The van der Waals surface area contributed by atoms with E-state index in [0.717, 1.165) is 0 Å². The van der Waals surface area contributed by atoms with Crippen molar-refractivity contribution in [2.75, 3.05) is 0 Å². The van der Waals surface area contributed by atoms with E-state index < -0.39 is 0 Å². The Labute approximate surface area is 97.8 Å². The third-order valence-electron chi connectivity index (χ3n) is 3.57. The lowest BCUT2D eigenvalue weighted by atomic mass is 10.1. The minimum Gasteiger partial charge on any atom is -0.305 e. The molecule has 1 aliphatic heterocycles. The smallest absolute Gasteiger partial charge is 0.177 e. The monoisotopic (exact) mass is 222 g/mol. The summed E-state index contributed by atoms with van der Waals surface area (Å²) in [4.78, 5) is 0. The summed E-state index contributed by atoms with van der Waals surface area (Å²) >= 11 is 0. The molecule has 1 aliphatic carbocycles. The van der Waals surface area contributed by atoms with Gasteiger partial charge in [-0.1, -0.05) is 38.5 Å². The molecule has 0 aromatic heterocycles. The normalized spacial score (nSPS) is 31.9. The van der Waals surface area contributed by atoms with E-state index in [1.54, 1.807) is 0 Å². The van der Waals surface area contributed by atoms with E-state index in [-0.39, 0.29) is 6.17 Å². The molecule has 0 radical (unpaired) electrons. The van der Waals surface area contributed by atoms with E-state index in [1.165, 1.54) is 51.4 Å². The van der Waals surface area contributed by atoms with Crippen molar-refractivity contribution < 1.29 is 0 Å². The molecular formula is C12H22N4. The van der Waals surface area contributed by atoms with Crippen molar-refractivity contribution in [3.63, 3.8) is 0 Å². The van der Waals surface area contributed by atoms with Crippen LogP contribution in [-0.2, 0) is 0 Å². The summed E-state index contributed by atoms with van der Waals surface area (Å²) in [5, 5.41) is 18.0.